The summed E-state index contributed by atoms with van der Waals surface area (Å²) in [5, 5.41) is 12.4. The molecule has 128 valence electrons. The van der Waals surface area contributed by atoms with E-state index < -0.39 is 28.6 Å². The normalized spacial score (nSPS) is 19.0. The van der Waals surface area contributed by atoms with E-state index >= 15 is 0 Å². The molecule has 1 amide bonds. The van der Waals surface area contributed by atoms with Crippen molar-refractivity contribution < 1.29 is 27.9 Å². The minimum Gasteiger partial charge on any atom is -0.480 e. The zero-order valence-electron chi connectivity index (χ0n) is 12.5. The van der Waals surface area contributed by atoms with Gasteiger partial charge in [0, 0.05) is 25.0 Å². The van der Waals surface area contributed by atoms with Gasteiger partial charge in [0.2, 0.25) is 10.0 Å². The molecule has 2 heterocycles. The molecule has 0 spiro atoms. The van der Waals surface area contributed by atoms with Crippen molar-refractivity contribution in [3.63, 3.8) is 0 Å². The van der Waals surface area contributed by atoms with Crippen LogP contribution in [-0.4, -0.2) is 79.8 Å². The molecule has 1 saturated heterocycles. The van der Waals surface area contributed by atoms with Gasteiger partial charge in [0.05, 0.1) is 24.5 Å². The quantitative estimate of drug-likeness (QED) is 0.760. The topological polar surface area (TPSA) is 104 Å². The number of sulfonamides is 1. The van der Waals surface area contributed by atoms with Crippen LogP contribution in [0.4, 0.5) is 0 Å². The standard InChI is InChI=1S/C13H18N2O6S2/c1-23(19,20)15(8-12(16)17)7-11-6-14(3-4-21-11)13(18)10-2-5-22-9-10/h2,5,9,11H,3-4,6-8H2,1H3,(H,16,17). The summed E-state index contributed by atoms with van der Waals surface area (Å²) in [6, 6.07) is 1.73. The van der Waals surface area contributed by atoms with Gasteiger partial charge in [-0.3, -0.25) is 9.59 Å². The Balaban J connectivity index is 2.02. The minimum absolute atomic E-state index is 0.0987. The summed E-state index contributed by atoms with van der Waals surface area (Å²) in [5.74, 6) is -1.37. The maximum absolute atomic E-state index is 12.3. The lowest BCUT2D eigenvalue weighted by molar-refractivity contribution is -0.137. The Kier molecular flexibility index (Phi) is 5.74. The van der Waals surface area contributed by atoms with E-state index in [4.69, 9.17) is 9.84 Å². The van der Waals surface area contributed by atoms with Gasteiger partial charge in [-0.2, -0.15) is 15.6 Å². The van der Waals surface area contributed by atoms with E-state index in [0.29, 0.717) is 12.1 Å². The zero-order chi connectivity index (χ0) is 17.0. The summed E-state index contributed by atoms with van der Waals surface area (Å²) in [7, 11) is -3.67. The fraction of sp³-hybridized carbons (Fsp3) is 0.538. The number of morpholine rings is 1. The number of carbonyl (C=O) groups excluding carboxylic acids is 1. The third-order valence-corrected chi connectivity index (χ3v) is 5.28. The van der Waals surface area contributed by atoms with Crippen molar-refractivity contribution in [1.82, 2.24) is 9.21 Å². The van der Waals surface area contributed by atoms with Crippen LogP contribution in [0, 0.1) is 0 Å². The van der Waals surface area contributed by atoms with Crippen LogP contribution in [0.2, 0.25) is 0 Å². The molecule has 8 nitrogen and oxygen atoms in total. The number of carboxylic acid groups (broad SMARTS) is 1. The summed E-state index contributed by atoms with van der Waals surface area (Å²) >= 11 is 1.42. The van der Waals surface area contributed by atoms with E-state index in [0.717, 1.165) is 10.6 Å². The summed E-state index contributed by atoms with van der Waals surface area (Å²) in [4.78, 5) is 24.7. The third-order valence-electron chi connectivity index (χ3n) is 3.38. The van der Waals surface area contributed by atoms with Crippen LogP contribution in [0.25, 0.3) is 0 Å². The van der Waals surface area contributed by atoms with Gasteiger partial charge in [-0.1, -0.05) is 0 Å². The first-order valence-electron chi connectivity index (χ1n) is 6.87. The fourth-order valence-electron chi connectivity index (χ4n) is 2.28. The highest BCUT2D eigenvalue weighted by atomic mass is 32.2. The van der Waals surface area contributed by atoms with Gasteiger partial charge in [-0.15, -0.1) is 0 Å². The molecule has 0 radical (unpaired) electrons. The highest BCUT2D eigenvalue weighted by molar-refractivity contribution is 7.88. The van der Waals surface area contributed by atoms with Gasteiger partial charge in [-0.25, -0.2) is 8.42 Å². The van der Waals surface area contributed by atoms with E-state index in [9.17, 15) is 18.0 Å². The Morgan fingerprint density at radius 1 is 1.52 bits per heavy atom. The van der Waals surface area contributed by atoms with Gasteiger partial charge in [0.15, 0.2) is 0 Å². The van der Waals surface area contributed by atoms with Gasteiger partial charge in [-0.05, 0) is 11.4 Å². The number of hydrogen-bond donors (Lipinski definition) is 1. The highest BCUT2D eigenvalue weighted by Gasteiger charge is 2.30. The molecule has 1 fully saturated rings. The van der Waals surface area contributed by atoms with Crippen LogP contribution in [0.15, 0.2) is 16.8 Å². The van der Waals surface area contributed by atoms with Crippen LogP contribution < -0.4 is 0 Å². The molecular formula is C13H18N2O6S2. The molecule has 0 bridgehead atoms. The predicted octanol–water partition coefficient (Wildman–Crippen LogP) is -0.0647. The molecule has 1 aromatic heterocycles. The lowest BCUT2D eigenvalue weighted by Crippen LogP contribution is -2.51. The number of nitrogens with zero attached hydrogens (tertiary/aromatic N) is 2. The van der Waals surface area contributed by atoms with Crippen molar-refractivity contribution in [2.75, 3.05) is 39.0 Å². The number of rotatable bonds is 6. The number of carbonyl (C=O) groups is 2. The second-order valence-electron chi connectivity index (χ2n) is 5.21. The number of amides is 1. The SMILES string of the molecule is CS(=O)(=O)N(CC(=O)O)CC1CN(C(=O)c2ccsc2)CCO1. The molecule has 0 aliphatic carbocycles. The third kappa shape index (κ3) is 4.99. The number of aliphatic carboxylic acids is 1. The second-order valence-corrected chi connectivity index (χ2v) is 7.97. The molecular weight excluding hydrogens is 344 g/mol. The van der Waals surface area contributed by atoms with Crippen LogP contribution >= 0.6 is 11.3 Å². The molecule has 0 saturated carbocycles. The molecule has 1 aromatic rings. The van der Waals surface area contributed by atoms with Crippen LogP contribution in [0.1, 0.15) is 10.4 Å². The van der Waals surface area contributed by atoms with E-state index in [1.807, 2.05) is 5.38 Å². The molecule has 1 aliphatic rings. The highest BCUT2D eigenvalue weighted by Crippen LogP contribution is 2.14. The molecule has 23 heavy (non-hydrogen) atoms. The average Bonchev–Trinajstić information content (AvgIpc) is 2.99. The number of carboxylic acids is 1. The maximum atomic E-state index is 12.3. The Morgan fingerprint density at radius 3 is 2.83 bits per heavy atom. The smallest absolute Gasteiger partial charge is 0.318 e. The van der Waals surface area contributed by atoms with Crippen LogP contribution in [0.5, 0.6) is 0 Å². The molecule has 1 unspecified atom stereocenters. The number of ether oxygens (including phenoxy) is 1. The minimum atomic E-state index is -3.67. The predicted molar refractivity (Wildman–Crippen MR) is 84.0 cm³/mol. The van der Waals surface area contributed by atoms with Gasteiger partial charge in [0.1, 0.15) is 6.54 Å². The Bertz CT molecular complexity index is 658. The van der Waals surface area contributed by atoms with Gasteiger partial charge in [0.25, 0.3) is 5.91 Å². The molecule has 1 N–H and O–H groups in total. The molecule has 0 aromatic carbocycles. The molecule has 10 heteroatoms. The van der Waals surface area contributed by atoms with Crippen molar-refractivity contribution in [3.8, 4) is 0 Å². The Labute approximate surface area is 138 Å². The largest absolute Gasteiger partial charge is 0.480 e. The van der Waals surface area contributed by atoms with Crippen LogP contribution in [-0.2, 0) is 19.6 Å². The first-order chi connectivity index (χ1) is 10.8. The van der Waals surface area contributed by atoms with Crippen molar-refractivity contribution in [1.29, 1.82) is 0 Å². The van der Waals surface area contributed by atoms with Crippen molar-refractivity contribution in [3.05, 3.63) is 22.4 Å². The monoisotopic (exact) mass is 362 g/mol. The summed E-state index contributed by atoms with van der Waals surface area (Å²) in [6.07, 6.45) is 0.396. The first kappa shape index (κ1) is 17.9. The van der Waals surface area contributed by atoms with Gasteiger partial charge >= 0.3 is 5.97 Å². The lowest BCUT2D eigenvalue weighted by Gasteiger charge is -2.34. The number of thiophene rings is 1. The first-order valence-corrected chi connectivity index (χ1v) is 9.66. The summed E-state index contributed by atoms with van der Waals surface area (Å²) < 4.78 is 29.7. The van der Waals surface area contributed by atoms with Crippen molar-refractivity contribution >= 4 is 33.2 Å². The summed E-state index contributed by atoms with van der Waals surface area (Å²) in [6.45, 7) is 0.199. The molecule has 1 aliphatic heterocycles. The maximum Gasteiger partial charge on any atom is 0.318 e. The van der Waals surface area contributed by atoms with E-state index in [1.54, 1.807) is 16.3 Å². The van der Waals surface area contributed by atoms with E-state index in [1.165, 1.54) is 11.3 Å². The fourth-order valence-corrected chi connectivity index (χ4v) is 3.69. The molecule has 1 atom stereocenters. The zero-order valence-corrected chi connectivity index (χ0v) is 14.2. The lowest BCUT2D eigenvalue weighted by atomic mass is 10.2. The second kappa shape index (κ2) is 7.39. The van der Waals surface area contributed by atoms with Crippen molar-refractivity contribution in [2.45, 2.75) is 6.10 Å². The Morgan fingerprint density at radius 2 is 2.26 bits per heavy atom. The average molecular weight is 362 g/mol. The molecule has 2 rings (SSSR count). The summed E-state index contributed by atoms with van der Waals surface area (Å²) in [5.41, 5.74) is 0.584. The van der Waals surface area contributed by atoms with Crippen LogP contribution in [0.3, 0.4) is 0 Å². The number of hydrogen-bond acceptors (Lipinski definition) is 6. The van der Waals surface area contributed by atoms with E-state index in [2.05, 4.69) is 0 Å². The Hall–Kier alpha value is -1.49. The van der Waals surface area contributed by atoms with E-state index in [-0.39, 0.29) is 25.6 Å². The van der Waals surface area contributed by atoms with Gasteiger partial charge < -0.3 is 14.7 Å². The van der Waals surface area contributed by atoms with Crippen molar-refractivity contribution in [2.24, 2.45) is 0 Å².